The third kappa shape index (κ3) is 6.69. The maximum Gasteiger partial charge on any atom is 0.0146 e. The Morgan fingerprint density at radius 2 is 1.04 bits per heavy atom. The molecular weight excluding hydrogens is 300 g/mol. The molecule has 0 atom stereocenters. The van der Waals surface area contributed by atoms with Crippen molar-refractivity contribution in [2.24, 2.45) is 0 Å². The first-order chi connectivity index (χ1) is 12.0. The maximum atomic E-state index is 2.31. The van der Waals surface area contributed by atoms with Crippen LogP contribution in [0.1, 0.15) is 89.5 Å². The zero-order valence-corrected chi connectivity index (χ0v) is 17.4. The van der Waals surface area contributed by atoms with Crippen LogP contribution < -0.4 is 0 Å². The van der Waals surface area contributed by atoms with Crippen molar-refractivity contribution in [3.8, 4) is 0 Å². The van der Waals surface area contributed by atoms with Crippen LogP contribution in [0, 0.1) is 0 Å². The van der Waals surface area contributed by atoms with Crippen LogP contribution in [0.3, 0.4) is 0 Å². The molecule has 25 heavy (non-hydrogen) atoms. The smallest absolute Gasteiger partial charge is 0.0146 e. The van der Waals surface area contributed by atoms with Gasteiger partial charge in [-0.25, -0.2) is 0 Å². The van der Waals surface area contributed by atoms with Crippen molar-refractivity contribution in [2.75, 3.05) is 0 Å². The van der Waals surface area contributed by atoms with Crippen LogP contribution in [0.4, 0.5) is 0 Å². The first-order valence-corrected chi connectivity index (χ1v) is 10.2. The summed E-state index contributed by atoms with van der Waals surface area (Å²) in [7, 11) is 0. The van der Waals surface area contributed by atoms with Gasteiger partial charge in [0.05, 0.1) is 0 Å². The van der Waals surface area contributed by atoms with Crippen molar-refractivity contribution in [2.45, 2.75) is 85.5 Å². The Hall–Kier alpha value is -1.56. The second-order valence-corrected chi connectivity index (χ2v) is 7.48. The van der Waals surface area contributed by atoms with E-state index in [0.29, 0.717) is 0 Å². The lowest BCUT2D eigenvalue weighted by atomic mass is 9.77. The van der Waals surface area contributed by atoms with Gasteiger partial charge in [0.25, 0.3) is 0 Å². The van der Waals surface area contributed by atoms with Gasteiger partial charge < -0.3 is 0 Å². The fraction of sp³-hybridized carbons (Fsp3) is 0.520. The average Bonchev–Trinajstić information content (AvgIpc) is 2.64. The Morgan fingerprint density at radius 3 is 1.36 bits per heavy atom. The normalized spacial score (nSPS) is 11.0. The van der Waals surface area contributed by atoms with Crippen LogP contribution in [0.25, 0.3) is 0 Å². The van der Waals surface area contributed by atoms with Crippen LogP contribution in [0.2, 0.25) is 0 Å². The minimum absolute atomic E-state index is 0.0665. The molecule has 2 aromatic carbocycles. The molecule has 0 radical (unpaired) electrons. The first-order valence-electron chi connectivity index (χ1n) is 10.2. The van der Waals surface area contributed by atoms with E-state index in [0.717, 1.165) is 6.42 Å². The number of hydrogen-bond acceptors (Lipinski definition) is 0. The Balaban J connectivity index is 0.000000550. The molecule has 0 N–H and O–H groups in total. The lowest BCUT2D eigenvalue weighted by Gasteiger charge is -2.26. The Kier molecular flexibility index (Phi) is 9.57. The summed E-state index contributed by atoms with van der Waals surface area (Å²) in [5.41, 5.74) is 5.69. The van der Waals surface area contributed by atoms with Gasteiger partial charge in [-0.15, -0.1) is 0 Å². The highest BCUT2D eigenvalue weighted by atomic mass is 14.3. The third-order valence-electron chi connectivity index (χ3n) is 5.01. The minimum atomic E-state index is 0.0665. The standard InChI is InChI=1S/C20H26.C5H12/c1-5-7-17-10-14-19(15-11-17)20(3,4)18-12-8-16(6-2)9-13-18;1-3-5-4-2/h8-15H,5-7H2,1-4H3;3-5H2,1-2H3. The van der Waals surface area contributed by atoms with Gasteiger partial charge in [0.2, 0.25) is 0 Å². The van der Waals surface area contributed by atoms with Gasteiger partial charge in [-0.05, 0) is 35.1 Å². The van der Waals surface area contributed by atoms with Crippen LogP contribution in [-0.4, -0.2) is 0 Å². The molecule has 2 aromatic rings. The molecule has 0 bridgehead atoms. The highest BCUT2D eigenvalue weighted by molar-refractivity contribution is 5.39. The molecule has 0 fully saturated rings. The number of benzene rings is 2. The van der Waals surface area contributed by atoms with E-state index in [1.54, 1.807) is 0 Å². The molecule has 0 aliphatic heterocycles. The molecule has 0 saturated heterocycles. The Morgan fingerprint density at radius 1 is 0.600 bits per heavy atom. The molecule has 0 spiro atoms. The summed E-state index contributed by atoms with van der Waals surface area (Å²) in [5, 5.41) is 0. The predicted octanol–water partition coefficient (Wildman–Crippen LogP) is 7.72. The quantitative estimate of drug-likeness (QED) is 0.484. The Labute approximate surface area is 156 Å². The van der Waals surface area contributed by atoms with Gasteiger partial charge in [-0.3, -0.25) is 0 Å². The molecule has 0 heteroatoms. The first kappa shape index (κ1) is 21.5. The van der Waals surface area contributed by atoms with Crippen LogP contribution in [0.5, 0.6) is 0 Å². The molecule has 0 nitrogen and oxygen atoms in total. The van der Waals surface area contributed by atoms with Crippen molar-refractivity contribution in [3.05, 3.63) is 70.8 Å². The Bertz CT molecular complexity index is 570. The molecular formula is C25H38. The van der Waals surface area contributed by atoms with Gasteiger partial charge >= 0.3 is 0 Å². The zero-order chi connectivity index (χ0) is 18.7. The summed E-state index contributed by atoms with van der Waals surface area (Å²) in [6.45, 7) is 13.5. The fourth-order valence-electron chi connectivity index (χ4n) is 3.05. The second-order valence-electron chi connectivity index (χ2n) is 7.48. The molecule has 0 unspecified atom stereocenters. The van der Waals surface area contributed by atoms with Crippen LogP contribution >= 0.6 is 0 Å². The highest BCUT2D eigenvalue weighted by Crippen LogP contribution is 2.31. The topological polar surface area (TPSA) is 0 Å². The molecule has 2 rings (SSSR count). The highest BCUT2D eigenvalue weighted by Gasteiger charge is 2.22. The van der Waals surface area contributed by atoms with Gasteiger partial charge in [0.15, 0.2) is 0 Å². The van der Waals surface area contributed by atoms with E-state index < -0.39 is 0 Å². The van der Waals surface area contributed by atoms with E-state index >= 15 is 0 Å². The molecule has 0 amide bonds. The van der Waals surface area contributed by atoms with Crippen LogP contribution in [0.15, 0.2) is 48.5 Å². The predicted molar refractivity (Wildman–Crippen MR) is 114 cm³/mol. The molecule has 0 heterocycles. The van der Waals surface area contributed by atoms with Gasteiger partial charge in [-0.1, -0.05) is 116 Å². The van der Waals surface area contributed by atoms with Crippen molar-refractivity contribution in [1.29, 1.82) is 0 Å². The van der Waals surface area contributed by atoms with E-state index in [2.05, 4.69) is 90.1 Å². The lowest BCUT2D eigenvalue weighted by Crippen LogP contribution is -2.18. The SMILES string of the molecule is CCCCC.CCCc1ccc(C(C)(C)c2ccc(CC)cc2)cc1. The molecule has 0 saturated carbocycles. The fourth-order valence-corrected chi connectivity index (χ4v) is 3.05. The summed E-state index contributed by atoms with van der Waals surface area (Å²) >= 11 is 0. The lowest BCUT2D eigenvalue weighted by molar-refractivity contribution is 0.640. The average molecular weight is 339 g/mol. The van der Waals surface area contributed by atoms with E-state index in [1.165, 1.54) is 54.4 Å². The molecule has 0 aliphatic carbocycles. The zero-order valence-electron chi connectivity index (χ0n) is 17.4. The van der Waals surface area contributed by atoms with E-state index in [1.807, 2.05) is 0 Å². The molecule has 138 valence electrons. The maximum absolute atomic E-state index is 2.31. The van der Waals surface area contributed by atoms with Gasteiger partial charge in [0.1, 0.15) is 0 Å². The van der Waals surface area contributed by atoms with Crippen LogP contribution in [-0.2, 0) is 18.3 Å². The van der Waals surface area contributed by atoms with Crippen molar-refractivity contribution < 1.29 is 0 Å². The monoisotopic (exact) mass is 338 g/mol. The minimum Gasteiger partial charge on any atom is -0.0654 e. The van der Waals surface area contributed by atoms with E-state index in [9.17, 15) is 0 Å². The van der Waals surface area contributed by atoms with Crippen molar-refractivity contribution in [3.63, 3.8) is 0 Å². The number of aryl methyl sites for hydroxylation is 2. The second kappa shape index (κ2) is 11.1. The number of hydrogen-bond donors (Lipinski definition) is 0. The molecule has 0 aliphatic rings. The summed E-state index contributed by atoms with van der Waals surface area (Å²) in [6, 6.07) is 18.2. The summed E-state index contributed by atoms with van der Waals surface area (Å²) in [6.07, 6.45) is 7.56. The number of rotatable bonds is 7. The van der Waals surface area contributed by atoms with Crippen molar-refractivity contribution in [1.82, 2.24) is 0 Å². The summed E-state index contributed by atoms with van der Waals surface area (Å²) in [5.74, 6) is 0. The summed E-state index contributed by atoms with van der Waals surface area (Å²) < 4.78 is 0. The summed E-state index contributed by atoms with van der Waals surface area (Å²) in [4.78, 5) is 0. The van der Waals surface area contributed by atoms with E-state index in [-0.39, 0.29) is 5.41 Å². The third-order valence-corrected chi connectivity index (χ3v) is 5.01. The van der Waals surface area contributed by atoms with E-state index in [4.69, 9.17) is 0 Å². The largest absolute Gasteiger partial charge is 0.0654 e. The molecule has 0 aromatic heterocycles. The van der Waals surface area contributed by atoms with Gasteiger partial charge in [-0.2, -0.15) is 0 Å². The van der Waals surface area contributed by atoms with Crippen molar-refractivity contribution >= 4 is 0 Å². The number of unbranched alkanes of at least 4 members (excludes halogenated alkanes) is 2. The van der Waals surface area contributed by atoms with Gasteiger partial charge in [0, 0.05) is 5.41 Å².